The van der Waals surface area contributed by atoms with Crippen molar-refractivity contribution in [2.75, 3.05) is 10.0 Å². The van der Waals surface area contributed by atoms with Crippen LogP contribution in [-0.2, 0) is 10.0 Å². The van der Waals surface area contributed by atoms with Gasteiger partial charge in [-0.15, -0.1) is 0 Å². The maximum Gasteiger partial charge on any atom is 0.263 e. The molecule has 0 atom stereocenters. The van der Waals surface area contributed by atoms with Gasteiger partial charge in [-0.25, -0.2) is 12.8 Å². The molecule has 0 saturated carbocycles. The van der Waals surface area contributed by atoms with Gasteiger partial charge in [0.25, 0.3) is 15.9 Å². The number of nitrogens with zero attached hydrogens (tertiary/aromatic N) is 1. The standard InChI is InChI=1S/C20H13ClFN3O3S/c21-18-9-4-14(20(26)24-17-3-1-2-13(10-17)12-23)11-19(18)29(27,28)25-16-7-5-15(22)6-8-16/h1-11,25H,(H,24,26). The fourth-order valence-electron chi connectivity index (χ4n) is 2.45. The van der Waals surface area contributed by atoms with Crippen molar-refractivity contribution in [3.05, 3.63) is 88.7 Å². The van der Waals surface area contributed by atoms with Gasteiger partial charge in [-0.1, -0.05) is 17.7 Å². The molecular weight excluding hydrogens is 417 g/mol. The second-order valence-corrected chi connectivity index (χ2v) is 7.96. The van der Waals surface area contributed by atoms with Crippen LogP contribution in [-0.4, -0.2) is 14.3 Å². The molecule has 0 bridgehead atoms. The molecule has 0 radical (unpaired) electrons. The van der Waals surface area contributed by atoms with Gasteiger partial charge in [0.15, 0.2) is 0 Å². The van der Waals surface area contributed by atoms with Crippen LogP contribution in [0.5, 0.6) is 0 Å². The van der Waals surface area contributed by atoms with E-state index in [1.807, 2.05) is 6.07 Å². The Morgan fingerprint density at radius 2 is 1.72 bits per heavy atom. The Morgan fingerprint density at radius 3 is 2.41 bits per heavy atom. The normalized spacial score (nSPS) is 10.8. The maximum atomic E-state index is 13.0. The molecule has 1 amide bonds. The van der Waals surface area contributed by atoms with Crippen molar-refractivity contribution in [2.45, 2.75) is 4.90 Å². The van der Waals surface area contributed by atoms with Crippen molar-refractivity contribution in [1.82, 2.24) is 0 Å². The highest BCUT2D eigenvalue weighted by Crippen LogP contribution is 2.26. The van der Waals surface area contributed by atoms with E-state index in [0.717, 1.165) is 18.2 Å². The van der Waals surface area contributed by atoms with Crippen LogP contribution in [0.3, 0.4) is 0 Å². The van der Waals surface area contributed by atoms with E-state index in [-0.39, 0.29) is 21.2 Å². The van der Waals surface area contributed by atoms with Crippen LogP contribution >= 0.6 is 11.6 Å². The molecule has 3 aromatic carbocycles. The molecule has 29 heavy (non-hydrogen) atoms. The Labute approximate surface area is 171 Å². The number of anilines is 2. The van der Waals surface area contributed by atoms with Crippen molar-refractivity contribution in [3.8, 4) is 6.07 Å². The monoisotopic (exact) mass is 429 g/mol. The van der Waals surface area contributed by atoms with Gasteiger partial charge in [-0.05, 0) is 60.7 Å². The second-order valence-electron chi connectivity index (χ2n) is 5.90. The van der Waals surface area contributed by atoms with Gasteiger partial charge < -0.3 is 5.32 Å². The van der Waals surface area contributed by atoms with Crippen molar-refractivity contribution in [1.29, 1.82) is 5.26 Å². The number of halogens is 2. The third-order valence-electron chi connectivity index (χ3n) is 3.83. The van der Waals surface area contributed by atoms with Gasteiger partial charge in [-0.2, -0.15) is 5.26 Å². The number of hydrogen-bond acceptors (Lipinski definition) is 4. The number of nitriles is 1. The fourth-order valence-corrected chi connectivity index (χ4v) is 4.03. The molecule has 3 rings (SSSR count). The smallest absolute Gasteiger partial charge is 0.263 e. The number of hydrogen-bond donors (Lipinski definition) is 2. The molecular formula is C20H13ClFN3O3S. The largest absolute Gasteiger partial charge is 0.322 e. The lowest BCUT2D eigenvalue weighted by atomic mass is 10.2. The van der Waals surface area contributed by atoms with E-state index in [4.69, 9.17) is 16.9 Å². The van der Waals surface area contributed by atoms with E-state index in [1.54, 1.807) is 18.2 Å². The first kappa shape index (κ1) is 20.3. The van der Waals surface area contributed by atoms with Crippen molar-refractivity contribution in [3.63, 3.8) is 0 Å². The van der Waals surface area contributed by atoms with Crippen molar-refractivity contribution in [2.24, 2.45) is 0 Å². The number of carbonyl (C=O) groups is 1. The summed E-state index contributed by atoms with van der Waals surface area (Å²) in [4.78, 5) is 12.2. The number of sulfonamides is 1. The first-order valence-electron chi connectivity index (χ1n) is 8.18. The predicted octanol–water partition coefficient (Wildman–Crippen LogP) is 4.40. The Hall–Kier alpha value is -3.41. The summed E-state index contributed by atoms with van der Waals surface area (Å²) in [6, 6.07) is 16.8. The summed E-state index contributed by atoms with van der Waals surface area (Å²) in [5, 5.41) is 11.5. The Morgan fingerprint density at radius 1 is 1.00 bits per heavy atom. The summed E-state index contributed by atoms with van der Waals surface area (Å²) in [7, 11) is -4.12. The van der Waals surface area contributed by atoms with Crippen LogP contribution in [0, 0.1) is 17.1 Å². The van der Waals surface area contributed by atoms with E-state index < -0.39 is 21.7 Å². The van der Waals surface area contributed by atoms with Gasteiger partial charge >= 0.3 is 0 Å². The number of amides is 1. The van der Waals surface area contributed by atoms with Crippen LogP contribution in [0.15, 0.2) is 71.6 Å². The van der Waals surface area contributed by atoms with E-state index >= 15 is 0 Å². The lowest BCUT2D eigenvalue weighted by Gasteiger charge is -2.11. The first-order valence-corrected chi connectivity index (χ1v) is 10.0. The molecule has 0 heterocycles. The summed E-state index contributed by atoms with van der Waals surface area (Å²) < 4.78 is 40.6. The molecule has 0 aliphatic rings. The van der Waals surface area contributed by atoms with Crippen molar-refractivity contribution < 1.29 is 17.6 Å². The lowest BCUT2D eigenvalue weighted by molar-refractivity contribution is 0.102. The molecule has 2 N–H and O–H groups in total. The number of rotatable bonds is 5. The second kappa shape index (κ2) is 8.31. The zero-order valence-electron chi connectivity index (χ0n) is 14.7. The van der Waals surface area contributed by atoms with Gasteiger partial charge in [0.2, 0.25) is 0 Å². The van der Waals surface area contributed by atoms with Crippen LogP contribution in [0.4, 0.5) is 15.8 Å². The predicted molar refractivity (Wildman–Crippen MR) is 108 cm³/mol. The zero-order chi connectivity index (χ0) is 21.0. The molecule has 0 aliphatic heterocycles. The summed E-state index contributed by atoms with van der Waals surface area (Å²) in [6.07, 6.45) is 0. The maximum absolute atomic E-state index is 13.0. The summed E-state index contributed by atoms with van der Waals surface area (Å²) >= 11 is 6.03. The Bertz CT molecular complexity index is 1220. The molecule has 0 aromatic heterocycles. The van der Waals surface area contributed by atoms with Gasteiger partial charge in [-0.3, -0.25) is 9.52 Å². The molecule has 0 spiro atoms. The first-order chi connectivity index (χ1) is 13.8. The van der Waals surface area contributed by atoms with Crippen LogP contribution in [0.25, 0.3) is 0 Å². The van der Waals surface area contributed by atoms with Crippen LogP contribution in [0.2, 0.25) is 5.02 Å². The minimum atomic E-state index is -4.12. The highest BCUT2D eigenvalue weighted by molar-refractivity contribution is 7.92. The lowest BCUT2D eigenvalue weighted by Crippen LogP contribution is -2.16. The SMILES string of the molecule is N#Cc1cccc(NC(=O)c2ccc(Cl)c(S(=O)(=O)Nc3ccc(F)cc3)c2)c1. The van der Waals surface area contributed by atoms with Crippen LogP contribution in [0.1, 0.15) is 15.9 Å². The Balaban J connectivity index is 1.87. The Kier molecular flexibility index (Phi) is 5.82. The highest BCUT2D eigenvalue weighted by Gasteiger charge is 2.20. The quantitative estimate of drug-likeness (QED) is 0.627. The molecule has 0 unspecified atom stereocenters. The molecule has 146 valence electrons. The fraction of sp³-hybridized carbons (Fsp3) is 0. The number of nitrogens with one attached hydrogen (secondary N) is 2. The van der Waals surface area contributed by atoms with Crippen molar-refractivity contribution >= 4 is 38.9 Å². The summed E-state index contributed by atoms with van der Waals surface area (Å²) in [6.45, 7) is 0. The minimum Gasteiger partial charge on any atom is -0.322 e. The van der Waals surface area contributed by atoms with Gasteiger partial charge in [0, 0.05) is 16.9 Å². The van der Waals surface area contributed by atoms with E-state index in [1.165, 1.54) is 30.3 Å². The van der Waals surface area contributed by atoms with E-state index in [0.29, 0.717) is 11.3 Å². The van der Waals surface area contributed by atoms with Crippen LogP contribution < -0.4 is 10.0 Å². The molecule has 0 aliphatic carbocycles. The minimum absolute atomic E-state index is 0.0521. The highest BCUT2D eigenvalue weighted by atomic mass is 35.5. The van der Waals surface area contributed by atoms with E-state index in [9.17, 15) is 17.6 Å². The third-order valence-corrected chi connectivity index (χ3v) is 5.69. The number of carbonyl (C=O) groups excluding carboxylic acids is 1. The van der Waals surface area contributed by atoms with Gasteiger partial charge in [0.1, 0.15) is 10.7 Å². The molecule has 9 heteroatoms. The molecule has 6 nitrogen and oxygen atoms in total. The van der Waals surface area contributed by atoms with Gasteiger partial charge in [0.05, 0.1) is 16.7 Å². The zero-order valence-corrected chi connectivity index (χ0v) is 16.3. The molecule has 3 aromatic rings. The molecule has 0 fully saturated rings. The average molecular weight is 430 g/mol. The third kappa shape index (κ3) is 4.90. The van der Waals surface area contributed by atoms with E-state index in [2.05, 4.69) is 10.0 Å². The number of benzene rings is 3. The average Bonchev–Trinajstić information content (AvgIpc) is 2.70. The topological polar surface area (TPSA) is 99.1 Å². The molecule has 0 saturated heterocycles. The summed E-state index contributed by atoms with van der Waals surface area (Å²) in [5.74, 6) is -1.08. The summed E-state index contributed by atoms with van der Waals surface area (Å²) in [5.41, 5.74) is 0.949.